The molecule has 0 saturated carbocycles. The summed E-state index contributed by atoms with van der Waals surface area (Å²) in [6, 6.07) is 22.9. The van der Waals surface area contributed by atoms with Crippen LogP contribution in [0.25, 0.3) is 32.7 Å². The summed E-state index contributed by atoms with van der Waals surface area (Å²) < 4.78 is 23.2. The van der Waals surface area contributed by atoms with Gasteiger partial charge in [0.05, 0.1) is 25.9 Å². The number of benzene rings is 3. The molecule has 227 valence electrons. The van der Waals surface area contributed by atoms with Crippen molar-refractivity contribution in [2.24, 2.45) is 0 Å². The number of aromatic amines is 3. The molecule has 10 heteroatoms. The van der Waals surface area contributed by atoms with Gasteiger partial charge < -0.3 is 33.9 Å². The predicted octanol–water partition coefficient (Wildman–Crippen LogP) is 5.09. The summed E-state index contributed by atoms with van der Waals surface area (Å²) in [6.07, 6.45) is 3.30. The molecule has 1 radical (unpaired) electrons. The van der Waals surface area contributed by atoms with Crippen molar-refractivity contribution in [3.8, 4) is 0 Å². The van der Waals surface area contributed by atoms with Crippen LogP contribution in [0.3, 0.4) is 0 Å². The maximum atomic E-state index is 13.3. The smallest absolute Gasteiger partial charge is 0.312 e. The van der Waals surface area contributed by atoms with Gasteiger partial charge in [-0.25, -0.2) is 0 Å². The van der Waals surface area contributed by atoms with Crippen LogP contribution in [0.1, 0.15) is 16.7 Å². The first-order valence-corrected chi connectivity index (χ1v) is 14.7. The molecule has 6 aromatic rings. The van der Waals surface area contributed by atoms with E-state index in [2.05, 4.69) is 15.0 Å². The molecule has 1 aliphatic rings. The minimum Gasteiger partial charge on any atom is -0.457 e. The second kappa shape index (κ2) is 12.3. The van der Waals surface area contributed by atoms with Crippen LogP contribution < -0.4 is 0 Å². The first-order chi connectivity index (χ1) is 22.0. The van der Waals surface area contributed by atoms with E-state index in [-0.39, 0.29) is 25.9 Å². The molecule has 0 unspecified atom stereocenters. The lowest BCUT2D eigenvalue weighted by Crippen LogP contribution is -2.51. The van der Waals surface area contributed by atoms with Gasteiger partial charge in [0, 0.05) is 57.7 Å². The lowest BCUT2D eigenvalue weighted by molar-refractivity contribution is -0.239. The third-order valence-corrected chi connectivity index (χ3v) is 7.99. The van der Waals surface area contributed by atoms with Crippen LogP contribution in [-0.2, 0) is 52.6 Å². The molecule has 3 atom stereocenters. The summed E-state index contributed by atoms with van der Waals surface area (Å²) >= 11 is 0. The van der Waals surface area contributed by atoms with Crippen LogP contribution in [0, 0.1) is 6.42 Å². The molecule has 1 fully saturated rings. The van der Waals surface area contributed by atoms with Gasteiger partial charge >= 0.3 is 17.9 Å². The average Bonchev–Trinajstić information content (AvgIpc) is 3.76. The molecule has 45 heavy (non-hydrogen) atoms. The van der Waals surface area contributed by atoms with Gasteiger partial charge in [0.2, 0.25) is 12.4 Å². The standard InChI is InChI=1S/C35H30N3O7/c39-31(15-21-18-36-27-10-4-1-7-24(21)27)43-30-13-14-42-35(45-33(41)17-23-20-38-29-12-6-3-9-26(23)29)34(30)44-32(40)16-22-19-37-28-11-5-2-8-25(22)28/h1-13,18-20,30,34-38H,14-17H2/t30-,34-,35-/m1/s1. The van der Waals surface area contributed by atoms with Crippen LogP contribution in [0.5, 0.6) is 0 Å². The van der Waals surface area contributed by atoms with E-state index in [1.807, 2.05) is 72.8 Å². The van der Waals surface area contributed by atoms with Crippen molar-refractivity contribution >= 4 is 50.6 Å². The van der Waals surface area contributed by atoms with Gasteiger partial charge in [-0.3, -0.25) is 14.4 Å². The van der Waals surface area contributed by atoms with Gasteiger partial charge in [-0.05, 0) is 34.9 Å². The van der Waals surface area contributed by atoms with E-state index in [9.17, 15) is 14.4 Å². The molecule has 4 heterocycles. The average molecular weight is 605 g/mol. The van der Waals surface area contributed by atoms with Crippen molar-refractivity contribution in [2.75, 3.05) is 6.61 Å². The number of para-hydroxylation sites is 3. The van der Waals surface area contributed by atoms with Crippen molar-refractivity contribution in [1.82, 2.24) is 15.0 Å². The summed E-state index contributed by atoms with van der Waals surface area (Å²) in [4.78, 5) is 49.1. The third kappa shape index (κ3) is 6.05. The van der Waals surface area contributed by atoms with E-state index in [0.717, 1.165) is 49.4 Å². The molecule has 1 aliphatic heterocycles. The van der Waals surface area contributed by atoms with Gasteiger partial charge in [-0.1, -0.05) is 54.6 Å². The van der Waals surface area contributed by atoms with Crippen LogP contribution in [0.15, 0.2) is 91.4 Å². The van der Waals surface area contributed by atoms with E-state index in [4.69, 9.17) is 18.9 Å². The number of nitrogens with one attached hydrogen (secondary N) is 3. The number of esters is 3. The fourth-order valence-corrected chi connectivity index (χ4v) is 5.83. The number of ether oxygens (including phenoxy) is 4. The first kappa shape index (κ1) is 28.4. The van der Waals surface area contributed by atoms with Gasteiger partial charge in [-0.2, -0.15) is 0 Å². The fraction of sp³-hybridized carbons (Fsp3) is 0.200. The van der Waals surface area contributed by atoms with Crippen molar-refractivity contribution in [3.05, 3.63) is 114 Å². The maximum absolute atomic E-state index is 13.3. The lowest BCUT2D eigenvalue weighted by atomic mass is 10.1. The van der Waals surface area contributed by atoms with Crippen LogP contribution >= 0.6 is 0 Å². The zero-order valence-corrected chi connectivity index (χ0v) is 24.2. The van der Waals surface area contributed by atoms with Gasteiger partial charge in [0.1, 0.15) is 0 Å². The molecule has 3 N–H and O–H groups in total. The lowest BCUT2D eigenvalue weighted by Gasteiger charge is -2.36. The molecule has 1 saturated heterocycles. The van der Waals surface area contributed by atoms with Gasteiger partial charge in [-0.15, -0.1) is 0 Å². The topological polar surface area (TPSA) is 136 Å². The summed E-state index contributed by atoms with van der Waals surface area (Å²) in [5, 5.41) is 2.71. The Bertz CT molecular complexity index is 1910. The first-order valence-electron chi connectivity index (χ1n) is 14.7. The van der Waals surface area contributed by atoms with Crippen molar-refractivity contribution in [3.63, 3.8) is 0 Å². The molecule has 3 aromatic carbocycles. The zero-order chi connectivity index (χ0) is 30.8. The normalized spacial score (nSPS) is 18.3. The molecular weight excluding hydrogens is 574 g/mol. The molecule has 0 amide bonds. The summed E-state index contributed by atoms with van der Waals surface area (Å²) in [5.74, 6) is -1.68. The highest BCUT2D eigenvalue weighted by atomic mass is 16.7. The SMILES string of the molecule is O=C(Cc1c[nH]c2ccccc12)O[C@H]1OC[CH][C@@H](OC(=O)Cc2c[nH]c3ccccc23)[C@H]1OC(=O)Cc1c[nH]c2ccccc12. The third-order valence-electron chi connectivity index (χ3n) is 7.99. The second-order valence-electron chi connectivity index (χ2n) is 10.9. The number of rotatable bonds is 9. The quantitative estimate of drug-likeness (QED) is 0.155. The molecule has 0 aliphatic carbocycles. The Morgan fingerprint density at radius 2 is 1.02 bits per heavy atom. The fourth-order valence-electron chi connectivity index (χ4n) is 5.83. The largest absolute Gasteiger partial charge is 0.457 e. The Kier molecular flexibility index (Phi) is 7.79. The predicted molar refractivity (Wildman–Crippen MR) is 166 cm³/mol. The van der Waals surface area contributed by atoms with E-state index >= 15 is 0 Å². The van der Waals surface area contributed by atoms with E-state index in [0.29, 0.717) is 0 Å². The number of hydrogen-bond acceptors (Lipinski definition) is 7. The molecule has 7 rings (SSSR count). The molecule has 0 bridgehead atoms. The van der Waals surface area contributed by atoms with Gasteiger partial charge in [0.15, 0.2) is 6.10 Å². The minimum atomic E-state index is -1.29. The minimum absolute atomic E-state index is 0.00374. The molecule has 10 nitrogen and oxygen atoms in total. The van der Waals surface area contributed by atoms with E-state index in [1.54, 1.807) is 25.0 Å². The van der Waals surface area contributed by atoms with Gasteiger partial charge in [0.25, 0.3) is 0 Å². The number of H-pyrrole nitrogens is 3. The Balaban J connectivity index is 1.09. The van der Waals surface area contributed by atoms with Crippen molar-refractivity contribution in [1.29, 1.82) is 0 Å². The highest BCUT2D eigenvalue weighted by Crippen LogP contribution is 2.26. The highest BCUT2D eigenvalue weighted by molar-refractivity contribution is 5.89. The maximum Gasteiger partial charge on any atom is 0.312 e. The van der Waals surface area contributed by atoms with E-state index < -0.39 is 36.4 Å². The number of hydrogen-bond donors (Lipinski definition) is 3. The molecular formula is C35H30N3O7. The van der Waals surface area contributed by atoms with Crippen LogP contribution in [-0.4, -0.2) is 58.0 Å². The summed E-state index contributed by atoms with van der Waals surface area (Å²) in [7, 11) is 0. The van der Waals surface area contributed by atoms with Crippen molar-refractivity contribution < 1.29 is 33.3 Å². The Hall–Kier alpha value is -5.35. The Morgan fingerprint density at radius 3 is 1.51 bits per heavy atom. The Morgan fingerprint density at radius 1 is 0.600 bits per heavy atom. The zero-order valence-electron chi connectivity index (χ0n) is 24.2. The Labute approximate surface area is 257 Å². The summed E-state index contributed by atoms with van der Waals surface area (Å²) in [6.45, 7) is 0.0204. The van der Waals surface area contributed by atoms with Crippen LogP contribution in [0.4, 0.5) is 0 Å². The number of aromatic nitrogens is 3. The van der Waals surface area contributed by atoms with Crippen LogP contribution in [0.2, 0.25) is 0 Å². The molecule has 3 aromatic heterocycles. The number of fused-ring (bicyclic) bond motifs is 3. The molecule has 0 spiro atoms. The van der Waals surface area contributed by atoms with Crippen molar-refractivity contribution in [2.45, 2.75) is 37.8 Å². The number of carbonyl (C=O) groups is 3. The monoisotopic (exact) mass is 604 g/mol. The summed E-state index contributed by atoms with van der Waals surface area (Å²) in [5.41, 5.74) is 4.98. The highest BCUT2D eigenvalue weighted by Gasteiger charge is 2.42. The number of carbonyl (C=O) groups excluding carboxylic acids is 3. The van der Waals surface area contributed by atoms with E-state index in [1.165, 1.54) is 0 Å². The second-order valence-corrected chi connectivity index (χ2v) is 10.9.